The molecule has 2 aliphatic rings. The van der Waals surface area contributed by atoms with Crippen LogP contribution >= 0.6 is 0 Å². The molecule has 1 saturated heterocycles. The summed E-state index contributed by atoms with van der Waals surface area (Å²) in [6.07, 6.45) is 0. The molecular formula is C14H16FN3O3. The molecule has 112 valence electrons. The molecule has 2 aliphatic heterocycles. The molecule has 1 aromatic rings. The van der Waals surface area contributed by atoms with Crippen molar-refractivity contribution in [2.24, 2.45) is 5.92 Å². The zero-order chi connectivity index (χ0) is 14.8. The van der Waals surface area contributed by atoms with Gasteiger partial charge in [-0.1, -0.05) is 0 Å². The minimum Gasteiger partial charge on any atom is -0.381 e. The van der Waals surface area contributed by atoms with Crippen molar-refractivity contribution >= 4 is 17.6 Å². The molecule has 0 radical (unpaired) electrons. The van der Waals surface area contributed by atoms with Gasteiger partial charge in [-0.15, -0.1) is 0 Å². The molecule has 6 nitrogen and oxygen atoms in total. The van der Waals surface area contributed by atoms with E-state index in [0.717, 1.165) is 0 Å². The first-order valence-corrected chi connectivity index (χ1v) is 6.80. The minimum atomic E-state index is -0.362. The molecule has 3 rings (SSSR count). The lowest BCUT2D eigenvalue weighted by atomic mass is 10.1. The number of nitrogens with one attached hydrogen (secondary N) is 2. The monoisotopic (exact) mass is 293 g/mol. The summed E-state index contributed by atoms with van der Waals surface area (Å²) in [4.78, 5) is 25.1. The maximum Gasteiger partial charge on any atom is 0.322 e. The lowest BCUT2D eigenvalue weighted by Crippen LogP contribution is -2.47. The van der Waals surface area contributed by atoms with Crippen LogP contribution < -0.4 is 10.6 Å². The van der Waals surface area contributed by atoms with Crippen molar-refractivity contribution in [3.05, 3.63) is 29.6 Å². The summed E-state index contributed by atoms with van der Waals surface area (Å²) < 4.78 is 18.2. The van der Waals surface area contributed by atoms with Crippen LogP contribution in [0.2, 0.25) is 0 Å². The van der Waals surface area contributed by atoms with Crippen LogP contribution in [0.3, 0.4) is 0 Å². The van der Waals surface area contributed by atoms with Gasteiger partial charge in [0.1, 0.15) is 12.4 Å². The fourth-order valence-corrected chi connectivity index (χ4v) is 2.30. The summed E-state index contributed by atoms with van der Waals surface area (Å²) in [5.74, 6) is -0.227. The van der Waals surface area contributed by atoms with E-state index in [4.69, 9.17) is 4.74 Å². The Morgan fingerprint density at radius 1 is 1.48 bits per heavy atom. The van der Waals surface area contributed by atoms with E-state index in [-0.39, 0.29) is 30.8 Å². The van der Waals surface area contributed by atoms with Crippen LogP contribution in [-0.4, -0.2) is 43.1 Å². The number of benzene rings is 1. The molecule has 0 unspecified atom stereocenters. The van der Waals surface area contributed by atoms with Gasteiger partial charge < -0.3 is 20.3 Å². The van der Waals surface area contributed by atoms with Gasteiger partial charge in [-0.2, -0.15) is 0 Å². The van der Waals surface area contributed by atoms with Crippen molar-refractivity contribution in [3.8, 4) is 0 Å². The highest BCUT2D eigenvalue weighted by atomic mass is 19.1. The molecule has 0 bridgehead atoms. The maximum atomic E-state index is 13.2. The average Bonchev–Trinajstić information content (AvgIpc) is 2.38. The Kier molecular flexibility index (Phi) is 3.74. The van der Waals surface area contributed by atoms with Crippen molar-refractivity contribution in [3.63, 3.8) is 0 Å². The molecule has 3 amide bonds. The van der Waals surface area contributed by atoms with Crippen molar-refractivity contribution in [1.29, 1.82) is 0 Å². The molecule has 0 saturated carbocycles. The second-order valence-corrected chi connectivity index (χ2v) is 5.30. The molecule has 1 aromatic carbocycles. The highest BCUT2D eigenvalue weighted by Crippen LogP contribution is 2.23. The van der Waals surface area contributed by atoms with Crippen molar-refractivity contribution in [2.75, 3.05) is 31.6 Å². The second-order valence-electron chi connectivity index (χ2n) is 5.30. The Morgan fingerprint density at radius 3 is 3.00 bits per heavy atom. The smallest absolute Gasteiger partial charge is 0.322 e. The molecule has 7 heteroatoms. The number of carbonyl (C=O) groups is 2. The van der Waals surface area contributed by atoms with E-state index in [1.165, 1.54) is 23.1 Å². The molecule has 0 aliphatic carbocycles. The number of halogens is 1. The van der Waals surface area contributed by atoms with Crippen molar-refractivity contribution < 1.29 is 18.7 Å². The molecule has 0 aromatic heterocycles. The zero-order valence-corrected chi connectivity index (χ0v) is 11.4. The quantitative estimate of drug-likeness (QED) is 0.868. The summed E-state index contributed by atoms with van der Waals surface area (Å²) >= 11 is 0. The molecule has 0 atom stereocenters. The van der Waals surface area contributed by atoms with Gasteiger partial charge in [-0.05, 0) is 23.8 Å². The van der Waals surface area contributed by atoms with Crippen LogP contribution in [-0.2, 0) is 16.1 Å². The first-order valence-electron chi connectivity index (χ1n) is 6.80. The molecular weight excluding hydrogens is 277 g/mol. The van der Waals surface area contributed by atoms with Gasteiger partial charge in [0.2, 0.25) is 5.91 Å². The fourth-order valence-electron chi connectivity index (χ4n) is 2.30. The summed E-state index contributed by atoms with van der Waals surface area (Å²) in [6.45, 7) is 2.06. The van der Waals surface area contributed by atoms with Gasteiger partial charge in [0.25, 0.3) is 0 Å². The average molecular weight is 293 g/mol. The maximum absolute atomic E-state index is 13.2. The van der Waals surface area contributed by atoms with E-state index < -0.39 is 0 Å². The van der Waals surface area contributed by atoms with Gasteiger partial charge in [0.05, 0.1) is 19.8 Å². The number of fused-ring (bicyclic) bond motifs is 1. The van der Waals surface area contributed by atoms with Gasteiger partial charge in [-0.3, -0.25) is 4.79 Å². The minimum absolute atomic E-state index is 0.0463. The van der Waals surface area contributed by atoms with E-state index in [0.29, 0.717) is 36.9 Å². The Hall–Kier alpha value is -2.15. The Balaban J connectivity index is 1.57. The summed E-state index contributed by atoms with van der Waals surface area (Å²) in [5, 5.41) is 5.42. The first-order chi connectivity index (χ1) is 10.1. The molecule has 2 heterocycles. The number of ether oxygens (including phenoxy) is 1. The Labute approximate surface area is 121 Å². The van der Waals surface area contributed by atoms with Gasteiger partial charge in [-0.25, -0.2) is 9.18 Å². The highest BCUT2D eigenvalue weighted by molar-refractivity contribution is 5.94. The molecule has 0 spiro atoms. The largest absolute Gasteiger partial charge is 0.381 e. The molecule has 2 N–H and O–H groups in total. The zero-order valence-electron chi connectivity index (χ0n) is 11.4. The predicted molar refractivity (Wildman–Crippen MR) is 73.1 cm³/mol. The van der Waals surface area contributed by atoms with Gasteiger partial charge >= 0.3 is 6.03 Å². The number of hydrogen-bond donors (Lipinski definition) is 2. The standard InChI is InChI=1S/C14H16FN3O3/c15-11-1-2-12-10(3-11)5-18(14(20)17-12)6-13(19)16-4-9-7-21-8-9/h1-3,9H,4-8H2,(H,16,19)(H,17,20). The Bertz CT molecular complexity index is 575. The SMILES string of the molecule is O=C(CN1Cc2cc(F)ccc2NC1=O)NCC1COC1. The third-order valence-corrected chi connectivity index (χ3v) is 3.59. The van der Waals surface area contributed by atoms with Crippen molar-refractivity contribution in [1.82, 2.24) is 10.2 Å². The van der Waals surface area contributed by atoms with Crippen LogP contribution in [0.15, 0.2) is 18.2 Å². The van der Waals surface area contributed by atoms with Crippen molar-refractivity contribution in [2.45, 2.75) is 6.54 Å². The normalized spacial score (nSPS) is 17.8. The van der Waals surface area contributed by atoms with Crippen LogP contribution in [0.4, 0.5) is 14.9 Å². The predicted octanol–water partition coefficient (Wildman–Crippen LogP) is 0.936. The van der Waals surface area contributed by atoms with E-state index in [2.05, 4.69) is 10.6 Å². The third kappa shape index (κ3) is 3.13. The summed E-state index contributed by atoms with van der Waals surface area (Å²) in [5.41, 5.74) is 1.25. The van der Waals surface area contributed by atoms with E-state index >= 15 is 0 Å². The van der Waals surface area contributed by atoms with Crippen LogP contribution in [0.1, 0.15) is 5.56 Å². The van der Waals surface area contributed by atoms with E-state index in [1.54, 1.807) is 0 Å². The number of urea groups is 1. The summed E-state index contributed by atoms with van der Waals surface area (Å²) in [7, 11) is 0. The van der Waals surface area contributed by atoms with Crippen LogP contribution in [0, 0.1) is 11.7 Å². The van der Waals surface area contributed by atoms with E-state index in [1.807, 2.05) is 0 Å². The number of hydrogen-bond acceptors (Lipinski definition) is 3. The summed E-state index contributed by atoms with van der Waals surface area (Å²) in [6, 6.07) is 3.83. The lowest BCUT2D eigenvalue weighted by Gasteiger charge is -2.30. The van der Waals surface area contributed by atoms with E-state index in [9.17, 15) is 14.0 Å². The molecule has 1 fully saturated rings. The van der Waals surface area contributed by atoms with Gasteiger partial charge in [0.15, 0.2) is 0 Å². The van der Waals surface area contributed by atoms with Gasteiger partial charge in [0, 0.05) is 18.2 Å². The second kappa shape index (κ2) is 5.69. The van der Waals surface area contributed by atoms with Crippen LogP contribution in [0.5, 0.6) is 0 Å². The third-order valence-electron chi connectivity index (χ3n) is 3.59. The van der Waals surface area contributed by atoms with Crippen LogP contribution in [0.25, 0.3) is 0 Å². The number of anilines is 1. The topological polar surface area (TPSA) is 70.7 Å². The highest BCUT2D eigenvalue weighted by Gasteiger charge is 2.25. The fraction of sp³-hybridized carbons (Fsp3) is 0.429. The first kappa shape index (κ1) is 13.8. The number of carbonyl (C=O) groups excluding carboxylic acids is 2. The Morgan fingerprint density at radius 2 is 2.29 bits per heavy atom. The number of amides is 3. The lowest BCUT2D eigenvalue weighted by molar-refractivity contribution is -0.122. The molecule has 21 heavy (non-hydrogen) atoms. The number of rotatable bonds is 4. The number of nitrogens with zero attached hydrogens (tertiary/aromatic N) is 1.